The van der Waals surface area contributed by atoms with E-state index < -0.39 is 42.5 Å². The summed E-state index contributed by atoms with van der Waals surface area (Å²) in [6.07, 6.45) is -3.14. The van der Waals surface area contributed by atoms with Crippen LogP contribution in [0.3, 0.4) is 0 Å². The molecule has 28 heavy (non-hydrogen) atoms. The SMILES string of the molecule is NC(=O)c1cccnc1O[C@H]1CC[C@H](N2C(=O)N[C@@H](CC(F)(F)F)C2=O)CC1. The van der Waals surface area contributed by atoms with Crippen molar-refractivity contribution in [3.05, 3.63) is 23.9 Å². The summed E-state index contributed by atoms with van der Waals surface area (Å²) in [4.78, 5) is 40.6. The summed E-state index contributed by atoms with van der Waals surface area (Å²) >= 11 is 0. The van der Waals surface area contributed by atoms with Crippen molar-refractivity contribution in [2.24, 2.45) is 5.73 Å². The molecule has 2 fully saturated rings. The molecule has 1 aromatic heterocycles. The van der Waals surface area contributed by atoms with Gasteiger partial charge in [-0.2, -0.15) is 13.2 Å². The molecule has 1 saturated heterocycles. The summed E-state index contributed by atoms with van der Waals surface area (Å²) in [5, 5.41) is 2.10. The van der Waals surface area contributed by atoms with Gasteiger partial charge in [-0.05, 0) is 37.8 Å². The quantitative estimate of drug-likeness (QED) is 0.731. The number of carbonyl (C=O) groups excluding carboxylic acids is 3. The number of aromatic nitrogens is 1. The molecule has 2 heterocycles. The van der Waals surface area contributed by atoms with Crippen molar-refractivity contribution in [2.75, 3.05) is 0 Å². The third-order valence-electron chi connectivity index (χ3n) is 4.81. The number of halogens is 3. The zero-order valence-corrected chi connectivity index (χ0v) is 14.7. The fraction of sp³-hybridized carbons (Fsp3) is 0.529. The summed E-state index contributed by atoms with van der Waals surface area (Å²) in [7, 11) is 0. The number of rotatable bonds is 5. The first kappa shape index (κ1) is 19.9. The lowest BCUT2D eigenvalue weighted by Crippen LogP contribution is -2.44. The molecule has 1 aliphatic carbocycles. The maximum Gasteiger partial charge on any atom is 0.391 e. The van der Waals surface area contributed by atoms with E-state index >= 15 is 0 Å². The van der Waals surface area contributed by atoms with Crippen LogP contribution in [0.25, 0.3) is 0 Å². The summed E-state index contributed by atoms with van der Waals surface area (Å²) in [5.41, 5.74) is 5.43. The van der Waals surface area contributed by atoms with E-state index in [-0.39, 0.29) is 17.5 Å². The summed E-state index contributed by atoms with van der Waals surface area (Å²) in [5.74, 6) is -1.42. The second-order valence-electron chi connectivity index (χ2n) is 6.80. The molecule has 152 valence electrons. The zero-order valence-electron chi connectivity index (χ0n) is 14.7. The number of primary amides is 1. The summed E-state index contributed by atoms with van der Waals surface area (Å²) < 4.78 is 43.4. The minimum Gasteiger partial charge on any atom is -0.474 e. The number of amides is 4. The van der Waals surface area contributed by atoms with Gasteiger partial charge in [0.15, 0.2) is 0 Å². The van der Waals surface area contributed by atoms with Gasteiger partial charge in [-0.1, -0.05) is 0 Å². The monoisotopic (exact) mass is 400 g/mol. The van der Waals surface area contributed by atoms with Gasteiger partial charge >= 0.3 is 12.2 Å². The average molecular weight is 400 g/mol. The topological polar surface area (TPSA) is 115 Å². The van der Waals surface area contributed by atoms with Gasteiger partial charge in [0.2, 0.25) is 5.88 Å². The molecule has 8 nitrogen and oxygen atoms in total. The molecule has 3 N–H and O–H groups in total. The fourth-order valence-corrected chi connectivity index (χ4v) is 3.52. The normalized spacial score (nSPS) is 25.5. The number of imide groups is 1. The highest BCUT2D eigenvalue weighted by atomic mass is 19.4. The molecule has 1 aliphatic heterocycles. The number of nitrogens with two attached hydrogens (primary N) is 1. The Morgan fingerprint density at radius 2 is 1.96 bits per heavy atom. The maximum absolute atomic E-state index is 12.5. The second kappa shape index (κ2) is 7.64. The number of nitrogens with zero attached hydrogens (tertiary/aromatic N) is 2. The lowest BCUT2D eigenvalue weighted by atomic mass is 9.91. The molecule has 0 spiro atoms. The van der Waals surface area contributed by atoms with Gasteiger partial charge in [-0.15, -0.1) is 0 Å². The molecule has 1 saturated carbocycles. The van der Waals surface area contributed by atoms with Crippen LogP contribution < -0.4 is 15.8 Å². The number of hydrogen-bond donors (Lipinski definition) is 2. The molecule has 0 unspecified atom stereocenters. The van der Waals surface area contributed by atoms with Crippen molar-refractivity contribution in [3.63, 3.8) is 0 Å². The van der Waals surface area contributed by atoms with E-state index in [1.54, 1.807) is 6.07 Å². The standard InChI is InChI=1S/C17H19F3N4O4/c18-17(19,20)8-12-15(26)24(16(27)23-12)9-3-5-10(6-4-9)28-14-11(13(21)25)2-1-7-22-14/h1-2,7,9-10,12H,3-6,8H2,(H2,21,25)(H,23,27)/t9-,10-,12-/m0/s1. The van der Waals surface area contributed by atoms with Crippen molar-refractivity contribution in [1.29, 1.82) is 0 Å². The van der Waals surface area contributed by atoms with Crippen LogP contribution in [-0.2, 0) is 4.79 Å². The number of ether oxygens (including phenoxy) is 1. The van der Waals surface area contributed by atoms with Crippen LogP contribution in [-0.4, -0.2) is 52.1 Å². The number of hydrogen-bond acceptors (Lipinski definition) is 5. The Bertz CT molecular complexity index is 778. The van der Waals surface area contributed by atoms with Crippen LogP contribution in [0.15, 0.2) is 18.3 Å². The number of urea groups is 1. The second-order valence-corrected chi connectivity index (χ2v) is 6.80. The van der Waals surface area contributed by atoms with Crippen LogP contribution in [0.5, 0.6) is 5.88 Å². The predicted molar refractivity (Wildman–Crippen MR) is 89.3 cm³/mol. The van der Waals surface area contributed by atoms with E-state index in [2.05, 4.69) is 10.3 Å². The molecule has 0 aromatic carbocycles. The predicted octanol–water partition coefficient (Wildman–Crippen LogP) is 1.74. The number of carbonyl (C=O) groups is 3. The van der Waals surface area contributed by atoms with Gasteiger partial charge in [-0.25, -0.2) is 9.78 Å². The van der Waals surface area contributed by atoms with Gasteiger partial charge in [0.25, 0.3) is 11.8 Å². The smallest absolute Gasteiger partial charge is 0.391 e. The van der Waals surface area contributed by atoms with Gasteiger partial charge in [-0.3, -0.25) is 14.5 Å². The van der Waals surface area contributed by atoms with E-state index in [9.17, 15) is 27.6 Å². The zero-order chi connectivity index (χ0) is 20.5. The van der Waals surface area contributed by atoms with Crippen LogP contribution in [0.2, 0.25) is 0 Å². The van der Waals surface area contributed by atoms with Crippen LogP contribution in [0.1, 0.15) is 42.5 Å². The molecule has 11 heteroatoms. The number of pyridine rings is 1. The first-order valence-corrected chi connectivity index (χ1v) is 8.77. The van der Waals surface area contributed by atoms with Gasteiger partial charge in [0.1, 0.15) is 17.7 Å². The third-order valence-corrected chi connectivity index (χ3v) is 4.81. The number of alkyl halides is 3. The molecule has 0 radical (unpaired) electrons. The van der Waals surface area contributed by atoms with Crippen molar-refractivity contribution in [2.45, 2.75) is 56.5 Å². The Kier molecular flexibility index (Phi) is 5.43. The summed E-state index contributed by atoms with van der Waals surface area (Å²) in [6.45, 7) is 0. The van der Waals surface area contributed by atoms with E-state index in [0.29, 0.717) is 25.7 Å². The van der Waals surface area contributed by atoms with Crippen LogP contribution >= 0.6 is 0 Å². The Balaban J connectivity index is 1.59. The highest BCUT2D eigenvalue weighted by molar-refractivity contribution is 6.04. The largest absolute Gasteiger partial charge is 0.474 e. The van der Waals surface area contributed by atoms with Crippen LogP contribution in [0, 0.1) is 0 Å². The first-order chi connectivity index (χ1) is 13.2. The maximum atomic E-state index is 12.5. The van der Waals surface area contributed by atoms with E-state index in [4.69, 9.17) is 10.5 Å². The van der Waals surface area contributed by atoms with E-state index in [0.717, 1.165) is 4.90 Å². The molecule has 1 atom stereocenters. The minimum absolute atomic E-state index is 0.110. The molecule has 1 aromatic rings. The lowest BCUT2D eigenvalue weighted by Gasteiger charge is -2.33. The van der Waals surface area contributed by atoms with Gasteiger partial charge in [0.05, 0.1) is 6.42 Å². The highest BCUT2D eigenvalue weighted by Gasteiger charge is 2.47. The van der Waals surface area contributed by atoms with Crippen molar-refractivity contribution < 1.29 is 32.3 Å². The fourth-order valence-electron chi connectivity index (χ4n) is 3.52. The van der Waals surface area contributed by atoms with E-state index in [1.807, 2.05) is 0 Å². The van der Waals surface area contributed by atoms with Crippen molar-refractivity contribution in [3.8, 4) is 5.88 Å². The van der Waals surface area contributed by atoms with E-state index in [1.165, 1.54) is 12.3 Å². The van der Waals surface area contributed by atoms with Crippen molar-refractivity contribution >= 4 is 17.8 Å². The van der Waals surface area contributed by atoms with Gasteiger partial charge in [0, 0.05) is 12.2 Å². The molecular formula is C17H19F3N4O4. The highest BCUT2D eigenvalue weighted by Crippen LogP contribution is 2.31. The Morgan fingerprint density at radius 3 is 2.57 bits per heavy atom. The Hall–Kier alpha value is -2.85. The van der Waals surface area contributed by atoms with Gasteiger partial charge < -0.3 is 15.8 Å². The lowest BCUT2D eigenvalue weighted by molar-refractivity contribution is -0.150. The average Bonchev–Trinajstić information content (AvgIpc) is 2.88. The molecule has 2 aliphatic rings. The Labute approximate surface area is 158 Å². The molecule has 0 bridgehead atoms. The molecule has 3 rings (SSSR count). The van der Waals surface area contributed by atoms with Crippen LogP contribution in [0.4, 0.5) is 18.0 Å². The van der Waals surface area contributed by atoms with Crippen molar-refractivity contribution in [1.82, 2.24) is 15.2 Å². The molecular weight excluding hydrogens is 381 g/mol. The molecule has 4 amide bonds. The minimum atomic E-state index is -4.55. The number of nitrogens with one attached hydrogen (secondary N) is 1. The first-order valence-electron chi connectivity index (χ1n) is 8.77. The third kappa shape index (κ3) is 4.34. The summed E-state index contributed by atoms with van der Waals surface area (Å²) in [6, 6.07) is 0.172. The Morgan fingerprint density at radius 1 is 1.29 bits per heavy atom.